The van der Waals surface area contributed by atoms with E-state index in [0.29, 0.717) is 11.3 Å². The van der Waals surface area contributed by atoms with Crippen LogP contribution in [-0.2, 0) is 0 Å². The minimum Gasteiger partial charge on any atom is -0.497 e. The highest BCUT2D eigenvalue weighted by Gasteiger charge is 2.25. The number of methoxy groups -OCH3 is 1. The van der Waals surface area contributed by atoms with Crippen LogP contribution in [-0.4, -0.2) is 23.2 Å². The lowest BCUT2D eigenvalue weighted by Gasteiger charge is -2.26. The topological polar surface area (TPSA) is 29.5 Å². The third kappa shape index (κ3) is 2.93. The van der Waals surface area contributed by atoms with Crippen molar-refractivity contribution in [2.75, 3.05) is 12.9 Å². The minimum absolute atomic E-state index is 0.117. The third-order valence-electron chi connectivity index (χ3n) is 3.09. The van der Waals surface area contributed by atoms with Gasteiger partial charge in [0.15, 0.2) is 0 Å². The van der Waals surface area contributed by atoms with Gasteiger partial charge in [-0.2, -0.15) is 11.8 Å². The fourth-order valence-electron chi connectivity index (χ4n) is 2.09. The second kappa shape index (κ2) is 5.74. The van der Waals surface area contributed by atoms with E-state index in [-0.39, 0.29) is 11.1 Å². The third-order valence-corrected chi connectivity index (χ3v) is 4.54. The second-order valence-electron chi connectivity index (χ2n) is 4.24. The number of halogens is 1. The normalized spacial score (nSPS) is 22.2. The Morgan fingerprint density at radius 2 is 2.29 bits per heavy atom. The molecule has 0 bridgehead atoms. The number of thioether (sulfide) groups is 1. The van der Waals surface area contributed by atoms with Crippen molar-refractivity contribution in [3.63, 3.8) is 0 Å². The molecule has 1 N–H and O–H groups in total. The van der Waals surface area contributed by atoms with Crippen LogP contribution in [0.25, 0.3) is 0 Å². The first-order valence-electron chi connectivity index (χ1n) is 5.85. The maximum Gasteiger partial charge on any atom is 0.132 e. The first-order valence-corrected chi connectivity index (χ1v) is 6.90. The SMILES string of the molecule is COc1ccc(C(O)C2CCCCS2)c(F)c1. The standard InChI is InChI=1S/C13H17FO2S/c1-16-9-5-6-10(11(14)8-9)13(15)12-4-2-3-7-17-12/h5-6,8,12-13,15H,2-4,7H2,1H3. The first-order chi connectivity index (χ1) is 8.22. The summed E-state index contributed by atoms with van der Waals surface area (Å²) in [5.74, 6) is 1.15. The van der Waals surface area contributed by atoms with Crippen LogP contribution in [0.3, 0.4) is 0 Å². The summed E-state index contributed by atoms with van der Waals surface area (Å²) in [7, 11) is 1.50. The van der Waals surface area contributed by atoms with E-state index in [0.717, 1.165) is 18.6 Å². The van der Waals surface area contributed by atoms with Gasteiger partial charge >= 0.3 is 0 Å². The van der Waals surface area contributed by atoms with Gasteiger partial charge in [0.2, 0.25) is 0 Å². The van der Waals surface area contributed by atoms with Crippen LogP contribution in [0.2, 0.25) is 0 Å². The van der Waals surface area contributed by atoms with Crippen LogP contribution >= 0.6 is 11.8 Å². The smallest absolute Gasteiger partial charge is 0.132 e. The van der Waals surface area contributed by atoms with Crippen molar-refractivity contribution < 1.29 is 14.2 Å². The summed E-state index contributed by atoms with van der Waals surface area (Å²) in [6, 6.07) is 4.63. The lowest BCUT2D eigenvalue weighted by Crippen LogP contribution is -2.19. The molecule has 2 nitrogen and oxygen atoms in total. The monoisotopic (exact) mass is 256 g/mol. The van der Waals surface area contributed by atoms with Crippen LogP contribution in [0, 0.1) is 5.82 Å². The Labute approximate surface area is 105 Å². The van der Waals surface area contributed by atoms with E-state index in [1.807, 2.05) is 0 Å². The zero-order valence-electron chi connectivity index (χ0n) is 9.86. The number of hydrogen-bond donors (Lipinski definition) is 1. The molecule has 2 atom stereocenters. The molecule has 0 aliphatic carbocycles. The predicted octanol–water partition coefficient (Wildman–Crippen LogP) is 3.15. The van der Waals surface area contributed by atoms with Gasteiger partial charge in [-0.3, -0.25) is 0 Å². The van der Waals surface area contributed by atoms with Crippen molar-refractivity contribution in [3.8, 4) is 5.75 Å². The lowest BCUT2D eigenvalue weighted by atomic mass is 10.0. The summed E-state index contributed by atoms with van der Waals surface area (Å²) in [5.41, 5.74) is 0.380. The van der Waals surface area contributed by atoms with E-state index in [2.05, 4.69) is 0 Å². The van der Waals surface area contributed by atoms with Crippen molar-refractivity contribution in [3.05, 3.63) is 29.6 Å². The number of aliphatic hydroxyl groups excluding tert-OH is 1. The fraction of sp³-hybridized carbons (Fsp3) is 0.538. The second-order valence-corrected chi connectivity index (χ2v) is 5.58. The summed E-state index contributed by atoms with van der Waals surface area (Å²) in [6.45, 7) is 0. The molecule has 1 saturated heterocycles. The molecule has 2 rings (SSSR count). The van der Waals surface area contributed by atoms with Crippen LogP contribution in [0.5, 0.6) is 5.75 Å². The van der Waals surface area contributed by atoms with Crippen molar-refractivity contribution in [2.45, 2.75) is 30.6 Å². The highest BCUT2D eigenvalue weighted by Crippen LogP contribution is 2.36. The Morgan fingerprint density at radius 3 is 2.88 bits per heavy atom. The van der Waals surface area contributed by atoms with Gasteiger partial charge in [-0.15, -0.1) is 0 Å². The van der Waals surface area contributed by atoms with E-state index in [9.17, 15) is 9.50 Å². The Bertz CT molecular complexity index is 378. The number of aliphatic hydroxyl groups is 1. The zero-order valence-corrected chi connectivity index (χ0v) is 10.7. The summed E-state index contributed by atoms with van der Waals surface area (Å²) < 4.78 is 18.7. The molecule has 2 unspecified atom stereocenters. The van der Waals surface area contributed by atoms with Gasteiger partial charge in [0, 0.05) is 16.9 Å². The molecular weight excluding hydrogens is 239 g/mol. The average Bonchev–Trinajstić information content (AvgIpc) is 2.39. The van der Waals surface area contributed by atoms with Crippen LogP contribution in [0.1, 0.15) is 30.9 Å². The van der Waals surface area contributed by atoms with Crippen molar-refractivity contribution >= 4 is 11.8 Å². The number of hydrogen-bond acceptors (Lipinski definition) is 3. The molecule has 1 aromatic rings. The molecule has 0 saturated carbocycles. The van der Waals surface area contributed by atoms with Gasteiger partial charge in [-0.25, -0.2) is 4.39 Å². The van der Waals surface area contributed by atoms with Gasteiger partial charge in [0.05, 0.1) is 13.2 Å². The van der Waals surface area contributed by atoms with Crippen LogP contribution in [0.15, 0.2) is 18.2 Å². The summed E-state index contributed by atoms with van der Waals surface area (Å²) >= 11 is 1.74. The number of rotatable bonds is 3. The molecule has 4 heteroatoms. The maximum absolute atomic E-state index is 13.8. The molecular formula is C13H17FO2S. The Balaban J connectivity index is 2.15. The average molecular weight is 256 g/mol. The van der Waals surface area contributed by atoms with E-state index in [4.69, 9.17) is 4.74 Å². The molecule has 1 aliphatic rings. The highest BCUT2D eigenvalue weighted by atomic mass is 32.2. The van der Waals surface area contributed by atoms with E-state index in [1.165, 1.54) is 19.6 Å². The number of ether oxygens (including phenoxy) is 1. The maximum atomic E-state index is 13.8. The molecule has 0 amide bonds. The van der Waals surface area contributed by atoms with Gasteiger partial charge in [0.25, 0.3) is 0 Å². The molecule has 0 aromatic heterocycles. The van der Waals surface area contributed by atoms with Crippen LogP contribution in [0.4, 0.5) is 4.39 Å². The summed E-state index contributed by atoms with van der Waals surface area (Å²) in [6.07, 6.45) is 2.55. The van der Waals surface area contributed by atoms with E-state index in [1.54, 1.807) is 23.9 Å². The molecule has 94 valence electrons. The Morgan fingerprint density at radius 1 is 1.47 bits per heavy atom. The van der Waals surface area contributed by atoms with Crippen molar-refractivity contribution in [2.24, 2.45) is 0 Å². The van der Waals surface area contributed by atoms with E-state index < -0.39 is 6.10 Å². The molecule has 17 heavy (non-hydrogen) atoms. The van der Waals surface area contributed by atoms with Gasteiger partial charge in [-0.05, 0) is 30.7 Å². The molecule has 1 aromatic carbocycles. The zero-order chi connectivity index (χ0) is 12.3. The molecule has 0 radical (unpaired) electrons. The van der Waals surface area contributed by atoms with Gasteiger partial charge < -0.3 is 9.84 Å². The summed E-state index contributed by atoms with van der Waals surface area (Å²) in [4.78, 5) is 0. The van der Waals surface area contributed by atoms with Crippen molar-refractivity contribution in [1.82, 2.24) is 0 Å². The molecule has 1 heterocycles. The molecule has 0 spiro atoms. The van der Waals surface area contributed by atoms with Gasteiger partial charge in [0.1, 0.15) is 11.6 Å². The molecule has 1 aliphatic heterocycles. The number of benzene rings is 1. The Hall–Kier alpha value is -0.740. The quantitative estimate of drug-likeness (QED) is 0.901. The molecule has 1 fully saturated rings. The predicted molar refractivity (Wildman–Crippen MR) is 68.0 cm³/mol. The van der Waals surface area contributed by atoms with Gasteiger partial charge in [-0.1, -0.05) is 6.42 Å². The highest BCUT2D eigenvalue weighted by molar-refractivity contribution is 7.99. The Kier molecular flexibility index (Phi) is 4.29. The van der Waals surface area contributed by atoms with Crippen LogP contribution < -0.4 is 4.74 Å². The van der Waals surface area contributed by atoms with E-state index >= 15 is 0 Å². The summed E-state index contributed by atoms with van der Waals surface area (Å²) in [5, 5.41) is 10.3. The fourth-order valence-corrected chi connectivity index (χ4v) is 3.43. The minimum atomic E-state index is -0.716. The van der Waals surface area contributed by atoms with Crippen molar-refractivity contribution in [1.29, 1.82) is 0 Å². The largest absolute Gasteiger partial charge is 0.497 e. The lowest BCUT2D eigenvalue weighted by molar-refractivity contribution is 0.164. The first kappa shape index (κ1) is 12.7.